The van der Waals surface area contributed by atoms with Gasteiger partial charge in [-0.3, -0.25) is 4.79 Å². The van der Waals surface area contributed by atoms with Crippen LogP contribution in [-0.4, -0.2) is 35.2 Å². The maximum Gasteiger partial charge on any atom is 0.320 e. The predicted octanol–water partition coefficient (Wildman–Crippen LogP) is 1.58. The summed E-state index contributed by atoms with van der Waals surface area (Å²) in [6.45, 7) is 3.91. The molecule has 0 saturated carbocycles. The van der Waals surface area contributed by atoms with Crippen molar-refractivity contribution in [3.8, 4) is 0 Å². The number of aliphatic carboxylic acids is 1. The van der Waals surface area contributed by atoms with Crippen molar-refractivity contribution in [2.45, 2.75) is 38.8 Å². The number of nitrogens with one attached hydrogen (secondary N) is 1. The summed E-state index contributed by atoms with van der Waals surface area (Å²) in [5, 5.41) is 11.9. The van der Waals surface area contributed by atoms with Gasteiger partial charge in [-0.15, -0.1) is 0 Å². The number of carboxylic acid groups (broad SMARTS) is 1. The number of hydrogen-bond acceptors (Lipinski definition) is 3. The smallest absolute Gasteiger partial charge is 0.320 e. The van der Waals surface area contributed by atoms with Crippen molar-refractivity contribution in [2.24, 2.45) is 0 Å². The lowest BCUT2D eigenvalue weighted by Gasteiger charge is -2.18. The van der Waals surface area contributed by atoms with Gasteiger partial charge in [0.05, 0.1) is 0 Å². The molecule has 3 nitrogen and oxygen atoms in total. The first-order chi connectivity index (χ1) is 6.11. The van der Waals surface area contributed by atoms with Gasteiger partial charge < -0.3 is 10.4 Å². The SMILES string of the molecule is CCC(NC(C)CCSC)C(=O)O. The van der Waals surface area contributed by atoms with Gasteiger partial charge in [0, 0.05) is 6.04 Å². The fourth-order valence-corrected chi connectivity index (χ4v) is 1.67. The summed E-state index contributed by atoms with van der Waals surface area (Å²) in [5.41, 5.74) is 0. The van der Waals surface area contributed by atoms with Gasteiger partial charge in [-0.1, -0.05) is 6.92 Å². The van der Waals surface area contributed by atoms with Crippen LogP contribution in [0.2, 0.25) is 0 Å². The molecule has 0 aromatic carbocycles. The van der Waals surface area contributed by atoms with Crippen molar-refractivity contribution in [1.29, 1.82) is 0 Å². The third kappa shape index (κ3) is 5.93. The number of rotatable bonds is 7. The molecule has 13 heavy (non-hydrogen) atoms. The van der Waals surface area contributed by atoms with Crippen LogP contribution in [0, 0.1) is 0 Å². The van der Waals surface area contributed by atoms with Crippen LogP contribution in [0.15, 0.2) is 0 Å². The van der Waals surface area contributed by atoms with E-state index in [4.69, 9.17) is 5.11 Å². The van der Waals surface area contributed by atoms with Crippen LogP contribution >= 0.6 is 11.8 Å². The molecule has 0 radical (unpaired) electrons. The Labute approximate surface area is 84.3 Å². The third-order valence-corrected chi connectivity index (χ3v) is 2.59. The van der Waals surface area contributed by atoms with Gasteiger partial charge in [0.25, 0.3) is 0 Å². The van der Waals surface area contributed by atoms with E-state index in [9.17, 15) is 4.79 Å². The van der Waals surface area contributed by atoms with Crippen LogP contribution in [0.4, 0.5) is 0 Å². The molecule has 4 heteroatoms. The third-order valence-electron chi connectivity index (χ3n) is 1.95. The maximum absolute atomic E-state index is 10.7. The zero-order valence-corrected chi connectivity index (χ0v) is 9.36. The van der Waals surface area contributed by atoms with Crippen LogP contribution in [0.25, 0.3) is 0 Å². The second-order valence-corrected chi connectivity index (χ2v) is 4.13. The molecule has 0 rings (SSSR count). The zero-order valence-electron chi connectivity index (χ0n) is 8.54. The average molecular weight is 205 g/mol. The lowest BCUT2D eigenvalue weighted by atomic mass is 10.2. The van der Waals surface area contributed by atoms with E-state index < -0.39 is 12.0 Å². The number of hydrogen-bond donors (Lipinski definition) is 2. The van der Waals surface area contributed by atoms with E-state index in [1.54, 1.807) is 11.8 Å². The van der Waals surface area contributed by atoms with Gasteiger partial charge in [-0.2, -0.15) is 11.8 Å². The van der Waals surface area contributed by atoms with E-state index >= 15 is 0 Å². The summed E-state index contributed by atoms with van der Waals surface area (Å²) in [5.74, 6) is 0.322. The first-order valence-electron chi connectivity index (χ1n) is 4.59. The minimum atomic E-state index is -0.751. The Morgan fingerprint density at radius 3 is 2.62 bits per heavy atom. The highest BCUT2D eigenvalue weighted by molar-refractivity contribution is 7.98. The highest BCUT2D eigenvalue weighted by atomic mass is 32.2. The quantitative estimate of drug-likeness (QED) is 0.662. The lowest BCUT2D eigenvalue weighted by Crippen LogP contribution is -2.41. The van der Waals surface area contributed by atoms with Crippen molar-refractivity contribution in [1.82, 2.24) is 5.32 Å². The molecule has 78 valence electrons. The molecule has 2 atom stereocenters. The monoisotopic (exact) mass is 205 g/mol. The Morgan fingerprint density at radius 1 is 1.62 bits per heavy atom. The highest BCUT2D eigenvalue weighted by Crippen LogP contribution is 2.02. The molecule has 0 heterocycles. The molecular weight excluding hydrogens is 186 g/mol. The van der Waals surface area contributed by atoms with Gasteiger partial charge >= 0.3 is 5.97 Å². The Kier molecular flexibility index (Phi) is 7.09. The number of thioether (sulfide) groups is 1. The molecule has 0 fully saturated rings. The molecule has 0 bridgehead atoms. The Hall–Kier alpha value is -0.220. The molecule has 0 spiro atoms. The summed E-state index contributed by atoms with van der Waals surface area (Å²) < 4.78 is 0. The molecule has 0 aliphatic carbocycles. The summed E-state index contributed by atoms with van der Waals surface area (Å²) in [7, 11) is 0. The number of carboxylic acids is 1. The van der Waals surface area contributed by atoms with Gasteiger partial charge in [0.15, 0.2) is 0 Å². The van der Waals surface area contributed by atoms with E-state index in [-0.39, 0.29) is 6.04 Å². The maximum atomic E-state index is 10.7. The molecule has 0 aliphatic heterocycles. The van der Waals surface area contributed by atoms with E-state index in [0.29, 0.717) is 6.42 Å². The normalized spacial score (nSPS) is 15.3. The van der Waals surface area contributed by atoms with Crippen LogP contribution in [0.5, 0.6) is 0 Å². The van der Waals surface area contributed by atoms with Crippen LogP contribution < -0.4 is 5.32 Å². The fraction of sp³-hybridized carbons (Fsp3) is 0.889. The van der Waals surface area contributed by atoms with Gasteiger partial charge in [0.1, 0.15) is 6.04 Å². The van der Waals surface area contributed by atoms with Crippen molar-refractivity contribution >= 4 is 17.7 Å². The lowest BCUT2D eigenvalue weighted by molar-refractivity contribution is -0.139. The molecule has 0 amide bonds. The summed E-state index contributed by atoms with van der Waals surface area (Å²) in [6.07, 6.45) is 3.71. The topological polar surface area (TPSA) is 49.3 Å². The highest BCUT2D eigenvalue weighted by Gasteiger charge is 2.16. The van der Waals surface area contributed by atoms with Crippen LogP contribution in [0.3, 0.4) is 0 Å². The Bertz CT molecular complexity index is 153. The Balaban J connectivity index is 3.73. The zero-order chi connectivity index (χ0) is 10.3. The van der Waals surface area contributed by atoms with Gasteiger partial charge in [-0.05, 0) is 31.8 Å². The summed E-state index contributed by atoms with van der Waals surface area (Å²) in [4.78, 5) is 10.7. The van der Waals surface area contributed by atoms with E-state index in [1.807, 2.05) is 13.8 Å². The molecule has 2 unspecified atom stereocenters. The minimum absolute atomic E-state index is 0.286. The van der Waals surface area contributed by atoms with Gasteiger partial charge in [-0.25, -0.2) is 0 Å². The fourth-order valence-electron chi connectivity index (χ4n) is 1.09. The van der Waals surface area contributed by atoms with Crippen LogP contribution in [0.1, 0.15) is 26.7 Å². The van der Waals surface area contributed by atoms with E-state index in [2.05, 4.69) is 11.6 Å². The van der Waals surface area contributed by atoms with Crippen molar-refractivity contribution in [3.05, 3.63) is 0 Å². The first kappa shape index (κ1) is 12.8. The molecule has 0 aromatic heterocycles. The van der Waals surface area contributed by atoms with Crippen molar-refractivity contribution < 1.29 is 9.90 Å². The molecule has 2 N–H and O–H groups in total. The Morgan fingerprint density at radius 2 is 2.23 bits per heavy atom. The molecule has 0 saturated heterocycles. The van der Waals surface area contributed by atoms with Crippen molar-refractivity contribution in [3.63, 3.8) is 0 Å². The second kappa shape index (κ2) is 7.21. The minimum Gasteiger partial charge on any atom is -0.480 e. The van der Waals surface area contributed by atoms with E-state index in [0.717, 1.165) is 12.2 Å². The standard InChI is InChI=1S/C9H19NO2S/c1-4-8(9(11)12)10-7(2)5-6-13-3/h7-8,10H,4-6H2,1-3H3,(H,11,12). The second-order valence-electron chi connectivity index (χ2n) is 3.15. The largest absolute Gasteiger partial charge is 0.480 e. The van der Waals surface area contributed by atoms with Gasteiger partial charge in [0.2, 0.25) is 0 Å². The number of carbonyl (C=O) groups is 1. The summed E-state index contributed by atoms with van der Waals surface area (Å²) >= 11 is 1.79. The first-order valence-corrected chi connectivity index (χ1v) is 5.99. The predicted molar refractivity (Wildman–Crippen MR) is 57.3 cm³/mol. The summed E-state index contributed by atoms with van der Waals surface area (Å²) in [6, 6.07) is -0.106. The molecule has 0 aliphatic rings. The van der Waals surface area contributed by atoms with Crippen LogP contribution in [-0.2, 0) is 4.79 Å². The molecule has 0 aromatic rings. The molecular formula is C9H19NO2S. The van der Waals surface area contributed by atoms with Crippen molar-refractivity contribution in [2.75, 3.05) is 12.0 Å². The average Bonchev–Trinajstić information content (AvgIpc) is 2.10. The van der Waals surface area contributed by atoms with E-state index in [1.165, 1.54) is 0 Å².